The van der Waals surface area contributed by atoms with Crippen molar-refractivity contribution in [2.24, 2.45) is 5.73 Å². The van der Waals surface area contributed by atoms with Crippen LogP contribution in [0.15, 0.2) is 18.2 Å². The first kappa shape index (κ1) is 15.5. The standard InChI is InChI=1S/C10H11Cl2NO2.ClH/c1-15-10(14)9(13)5-6-2-3-7(11)8(12)4-6;/h2-4,9H,5,13H2,1H3;1H/t9-;/m1./s1. The van der Waals surface area contributed by atoms with Crippen LogP contribution in [0.3, 0.4) is 0 Å². The van der Waals surface area contributed by atoms with E-state index in [9.17, 15) is 4.79 Å². The first-order valence-electron chi connectivity index (χ1n) is 4.32. The van der Waals surface area contributed by atoms with Crippen molar-refractivity contribution in [3.8, 4) is 0 Å². The summed E-state index contributed by atoms with van der Waals surface area (Å²) < 4.78 is 4.52. The first-order valence-corrected chi connectivity index (χ1v) is 5.07. The maximum absolute atomic E-state index is 11.1. The Labute approximate surface area is 110 Å². The Morgan fingerprint density at radius 1 is 1.44 bits per heavy atom. The van der Waals surface area contributed by atoms with E-state index >= 15 is 0 Å². The fourth-order valence-corrected chi connectivity index (χ4v) is 1.48. The van der Waals surface area contributed by atoms with Crippen LogP contribution in [0.5, 0.6) is 0 Å². The Morgan fingerprint density at radius 3 is 2.56 bits per heavy atom. The van der Waals surface area contributed by atoms with Gasteiger partial charge in [0.15, 0.2) is 0 Å². The molecule has 0 amide bonds. The monoisotopic (exact) mass is 283 g/mol. The molecule has 0 aromatic heterocycles. The molecule has 6 heteroatoms. The zero-order chi connectivity index (χ0) is 11.4. The summed E-state index contributed by atoms with van der Waals surface area (Å²) in [7, 11) is 1.30. The number of carbonyl (C=O) groups excluding carboxylic acids is 1. The average molecular weight is 285 g/mol. The Bertz CT molecular complexity index is 371. The van der Waals surface area contributed by atoms with Crippen LogP contribution in [0.1, 0.15) is 5.56 Å². The van der Waals surface area contributed by atoms with E-state index in [-0.39, 0.29) is 12.4 Å². The predicted molar refractivity (Wildman–Crippen MR) is 67.4 cm³/mol. The summed E-state index contributed by atoms with van der Waals surface area (Å²) in [5.74, 6) is -0.443. The molecule has 90 valence electrons. The van der Waals surface area contributed by atoms with Crippen LogP contribution in [0.4, 0.5) is 0 Å². The molecule has 0 unspecified atom stereocenters. The fourth-order valence-electron chi connectivity index (χ4n) is 1.16. The summed E-state index contributed by atoms with van der Waals surface area (Å²) in [4.78, 5) is 11.1. The topological polar surface area (TPSA) is 52.3 Å². The third kappa shape index (κ3) is 4.18. The molecular weight excluding hydrogens is 272 g/mol. The number of rotatable bonds is 3. The second kappa shape index (κ2) is 6.97. The van der Waals surface area contributed by atoms with Crippen molar-refractivity contribution < 1.29 is 9.53 Å². The van der Waals surface area contributed by atoms with Gasteiger partial charge in [-0.15, -0.1) is 12.4 Å². The van der Waals surface area contributed by atoms with Crippen molar-refractivity contribution in [3.63, 3.8) is 0 Å². The molecule has 0 spiro atoms. The molecule has 1 aromatic rings. The normalized spacial score (nSPS) is 11.5. The van der Waals surface area contributed by atoms with Gasteiger partial charge in [-0.25, -0.2) is 0 Å². The summed E-state index contributed by atoms with van der Waals surface area (Å²) in [6, 6.07) is 4.46. The number of hydrogen-bond acceptors (Lipinski definition) is 3. The smallest absolute Gasteiger partial charge is 0.322 e. The van der Waals surface area contributed by atoms with Crippen molar-refractivity contribution in [2.75, 3.05) is 7.11 Å². The number of benzene rings is 1. The second-order valence-electron chi connectivity index (χ2n) is 3.08. The molecule has 0 saturated carbocycles. The maximum Gasteiger partial charge on any atom is 0.322 e. The van der Waals surface area contributed by atoms with Gasteiger partial charge in [0, 0.05) is 0 Å². The zero-order valence-corrected chi connectivity index (χ0v) is 10.9. The Kier molecular flexibility index (Phi) is 6.76. The molecule has 1 atom stereocenters. The molecule has 0 fully saturated rings. The molecule has 0 aliphatic carbocycles. The highest BCUT2D eigenvalue weighted by Gasteiger charge is 2.14. The van der Waals surface area contributed by atoms with Crippen LogP contribution in [0.2, 0.25) is 10.0 Å². The van der Waals surface area contributed by atoms with E-state index in [1.165, 1.54) is 7.11 Å². The van der Waals surface area contributed by atoms with E-state index < -0.39 is 12.0 Å². The van der Waals surface area contributed by atoms with Gasteiger partial charge in [-0.2, -0.15) is 0 Å². The SMILES string of the molecule is COC(=O)[C@H](N)Cc1ccc(Cl)c(Cl)c1.Cl. The molecule has 0 aliphatic rings. The molecule has 0 radical (unpaired) electrons. The lowest BCUT2D eigenvalue weighted by molar-refractivity contribution is -0.142. The quantitative estimate of drug-likeness (QED) is 0.868. The third-order valence-electron chi connectivity index (χ3n) is 1.94. The van der Waals surface area contributed by atoms with Gasteiger partial charge in [0.2, 0.25) is 0 Å². The predicted octanol–water partition coefficient (Wildman–Crippen LogP) is 2.46. The van der Waals surface area contributed by atoms with Gasteiger partial charge in [0.25, 0.3) is 0 Å². The van der Waals surface area contributed by atoms with Crippen molar-refractivity contribution >= 4 is 41.6 Å². The summed E-state index contributed by atoms with van der Waals surface area (Å²) in [6.07, 6.45) is 0.379. The molecule has 1 aromatic carbocycles. The largest absolute Gasteiger partial charge is 0.468 e. The number of methoxy groups -OCH3 is 1. The lowest BCUT2D eigenvalue weighted by Gasteiger charge is -2.09. The average Bonchev–Trinajstić information content (AvgIpc) is 2.22. The number of nitrogens with two attached hydrogens (primary N) is 1. The number of hydrogen-bond donors (Lipinski definition) is 1. The van der Waals surface area contributed by atoms with Gasteiger partial charge >= 0.3 is 5.97 Å². The van der Waals surface area contributed by atoms with Crippen LogP contribution in [-0.4, -0.2) is 19.1 Å². The van der Waals surface area contributed by atoms with Crippen molar-refractivity contribution in [2.45, 2.75) is 12.5 Å². The number of esters is 1. The van der Waals surface area contributed by atoms with Crippen LogP contribution in [-0.2, 0) is 16.0 Å². The van der Waals surface area contributed by atoms with Crippen LogP contribution < -0.4 is 5.73 Å². The second-order valence-corrected chi connectivity index (χ2v) is 3.90. The molecule has 3 nitrogen and oxygen atoms in total. The minimum absolute atomic E-state index is 0. The molecular formula is C10H12Cl3NO2. The Balaban J connectivity index is 0.00000225. The van der Waals surface area contributed by atoms with E-state index in [1.807, 2.05) is 0 Å². The van der Waals surface area contributed by atoms with Gasteiger partial charge in [-0.05, 0) is 24.1 Å². The molecule has 0 aliphatic heterocycles. The summed E-state index contributed by atoms with van der Waals surface area (Å²) in [5, 5.41) is 0.929. The van der Waals surface area contributed by atoms with E-state index in [4.69, 9.17) is 28.9 Å². The minimum atomic E-state index is -0.674. The van der Waals surface area contributed by atoms with Gasteiger partial charge < -0.3 is 10.5 Å². The van der Waals surface area contributed by atoms with E-state index in [0.717, 1.165) is 5.56 Å². The molecule has 0 saturated heterocycles. The highest BCUT2D eigenvalue weighted by atomic mass is 35.5. The highest BCUT2D eigenvalue weighted by molar-refractivity contribution is 6.42. The first-order chi connectivity index (χ1) is 7.04. The van der Waals surface area contributed by atoms with Crippen molar-refractivity contribution in [1.82, 2.24) is 0 Å². The van der Waals surface area contributed by atoms with Crippen molar-refractivity contribution in [1.29, 1.82) is 0 Å². The Morgan fingerprint density at radius 2 is 2.06 bits per heavy atom. The number of halogens is 3. The minimum Gasteiger partial charge on any atom is -0.468 e. The van der Waals surface area contributed by atoms with E-state index in [1.54, 1.807) is 18.2 Å². The van der Waals surface area contributed by atoms with Gasteiger partial charge in [0.05, 0.1) is 17.2 Å². The van der Waals surface area contributed by atoms with Crippen molar-refractivity contribution in [3.05, 3.63) is 33.8 Å². The zero-order valence-electron chi connectivity index (χ0n) is 8.57. The molecule has 0 heterocycles. The molecule has 16 heavy (non-hydrogen) atoms. The van der Waals surface area contributed by atoms with E-state index in [0.29, 0.717) is 16.5 Å². The van der Waals surface area contributed by atoms with Gasteiger partial charge in [-0.1, -0.05) is 29.3 Å². The number of carbonyl (C=O) groups is 1. The molecule has 0 bridgehead atoms. The molecule has 2 N–H and O–H groups in total. The number of ether oxygens (including phenoxy) is 1. The van der Waals surface area contributed by atoms with Gasteiger partial charge in [-0.3, -0.25) is 4.79 Å². The maximum atomic E-state index is 11.1. The lowest BCUT2D eigenvalue weighted by Crippen LogP contribution is -2.33. The molecule has 1 rings (SSSR count). The van der Waals surface area contributed by atoms with Crippen LogP contribution in [0.25, 0.3) is 0 Å². The summed E-state index contributed by atoms with van der Waals surface area (Å²) in [5.41, 5.74) is 6.45. The van der Waals surface area contributed by atoms with Crippen LogP contribution >= 0.6 is 35.6 Å². The fraction of sp³-hybridized carbons (Fsp3) is 0.300. The third-order valence-corrected chi connectivity index (χ3v) is 2.68. The van der Waals surface area contributed by atoms with E-state index in [2.05, 4.69) is 4.74 Å². The highest BCUT2D eigenvalue weighted by Crippen LogP contribution is 2.23. The van der Waals surface area contributed by atoms with Crippen LogP contribution in [0, 0.1) is 0 Å². The summed E-state index contributed by atoms with van der Waals surface area (Å²) in [6.45, 7) is 0. The van der Waals surface area contributed by atoms with Gasteiger partial charge in [0.1, 0.15) is 6.04 Å². The lowest BCUT2D eigenvalue weighted by atomic mass is 10.1. The summed E-state index contributed by atoms with van der Waals surface area (Å²) >= 11 is 11.6. The Hall–Kier alpha value is -0.480.